The lowest BCUT2D eigenvalue weighted by atomic mass is 9.75. The quantitative estimate of drug-likeness (QED) is 0.461. The molecule has 0 spiro atoms. The van der Waals surface area contributed by atoms with E-state index in [0.29, 0.717) is 44.5 Å². The largest absolute Gasteiger partial charge is 0.369 e. The van der Waals surface area contributed by atoms with Crippen molar-refractivity contribution in [3.8, 4) is 22.9 Å². The molecule has 1 aliphatic heterocycles. The number of halogens is 2. The second kappa shape index (κ2) is 10.6. The van der Waals surface area contributed by atoms with Gasteiger partial charge in [-0.15, -0.1) is 0 Å². The number of nitriles is 1. The first-order chi connectivity index (χ1) is 19.7. The molecule has 11 heteroatoms. The van der Waals surface area contributed by atoms with Crippen LogP contribution < -0.4 is 10.2 Å². The van der Waals surface area contributed by atoms with E-state index in [0.717, 1.165) is 35.7 Å². The van der Waals surface area contributed by atoms with Crippen LogP contribution in [0.2, 0.25) is 0 Å². The Bertz CT molecular complexity index is 1610. The highest BCUT2D eigenvalue weighted by molar-refractivity contribution is 7.91. The highest BCUT2D eigenvalue weighted by Gasteiger charge is 2.47. The van der Waals surface area contributed by atoms with E-state index in [1.807, 2.05) is 29.2 Å². The van der Waals surface area contributed by atoms with Gasteiger partial charge >= 0.3 is 0 Å². The van der Waals surface area contributed by atoms with Crippen LogP contribution >= 0.6 is 0 Å². The molecule has 3 aliphatic rings. The lowest BCUT2D eigenvalue weighted by Gasteiger charge is -2.31. The molecule has 214 valence electrons. The minimum Gasteiger partial charge on any atom is -0.369 e. The van der Waals surface area contributed by atoms with Crippen molar-refractivity contribution in [2.24, 2.45) is 5.92 Å². The Balaban J connectivity index is 1.37. The fraction of sp³-hybridized carbons (Fsp3) is 0.433. The van der Waals surface area contributed by atoms with E-state index in [1.54, 1.807) is 6.20 Å². The molecule has 6 rings (SSSR count). The molecule has 2 atom stereocenters. The molecule has 8 nitrogen and oxygen atoms in total. The van der Waals surface area contributed by atoms with Crippen molar-refractivity contribution in [2.75, 3.05) is 29.5 Å². The van der Waals surface area contributed by atoms with Crippen LogP contribution in [0.5, 0.6) is 0 Å². The summed E-state index contributed by atoms with van der Waals surface area (Å²) >= 11 is 0. The molecule has 0 unspecified atom stereocenters. The van der Waals surface area contributed by atoms with Crippen LogP contribution in [-0.2, 0) is 14.6 Å². The summed E-state index contributed by atoms with van der Waals surface area (Å²) in [7, 11) is -3.00. The highest BCUT2D eigenvalue weighted by atomic mass is 32.2. The SMILES string of the molecule is N#CC1(NC(=O)[C@@H]2CCCC[C@H]2c2nn(-c3ccc(F)cc3F)cc2-c2ccc(N3CCS(=O)(=O)CC3)cc2)CC1. The number of hydrogen-bond acceptors (Lipinski definition) is 6. The molecule has 2 aliphatic carbocycles. The Morgan fingerprint density at radius 1 is 1.05 bits per heavy atom. The molecule has 3 fully saturated rings. The molecule has 1 N–H and O–H groups in total. The van der Waals surface area contributed by atoms with E-state index in [4.69, 9.17) is 5.10 Å². The molecule has 1 amide bonds. The standard InChI is InChI=1S/C30H31F2N5O3S/c31-21-7-10-27(26(32)17-21)37-18-25(20-5-8-22(9-6-20)36-13-15-41(39,40)16-14-36)28(35-37)23-3-1-2-4-24(23)29(38)34-30(19-33)11-12-30/h5-10,17-18,23-24H,1-4,11-16H2,(H,34,38)/t23-,24-/m1/s1. The number of rotatable bonds is 6. The van der Waals surface area contributed by atoms with Gasteiger partial charge in [0.15, 0.2) is 15.7 Å². The monoisotopic (exact) mass is 579 g/mol. The number of benzene rings is 2. The normalized spacial score (nSPS) is 23.0. The minimum atomic E-state index is -3.00. The zero-order chi connectivity index (χ0) is 28.8. The lowest BCUT2D eigenvalue weighted by Crippen LogP contribution is -2.42. The number of hydrogen-bond donors (Lipinski definition) is 1. The summed E-state index contributed by atoms with van der Waals surface area (Å²) in [4.78, 5) is 15.5. The Hall–Kier alpha value is -3.78. The maximum Gasteiger partial charge on any atom is 0.225 e. The molecule has 2 aromatic carbocycles. The van der Waals surface area contributed by atoms with E-state index < -0.39 is 27.0 Å². The average Bonchev–Trinajstić information content (AvgIpc) is 3.60. The van der Waals surface area contributed by atoms with Crippen molar-refractivity contribution in [3.05, 3.63) is 66.0 Å². The first-order valence-electron chi connectivity index (χ1n) is 14.0. The number of nitrogens with zero attached hydrogens (tertiary/aromatic N) is 4. The van der Waals surface area contributed by atoms with Gasteiger partial charge in [0.1, 0.15) is 17.0 Å². The number of nitrogens with one attached hydrogen (secondary N) is 1. The number of carbonyl (C=O) groups excluding carboxylic acids is 1. The molecule has 0 bridgehead atoms. The molecular formula is C30H31F2N5O3S. The summed E-state index contributed by atoms with van der Waals surface area (Å²) in [5.74, 6) is -1.98. The van der Waals surface area contributed by atoms with Gasteiger partial charge in [-0.25, -0.2) is 21.9 Å². The lowest BCUT2D eigenvalue weighted by molar-refractivity contribution is -0.127. The predicted molar refractivity (Wildman–Crippen MR) is 150 cm³/mol. The Morgan fingerprint density at radius 2 is 1.76 bits per heavy atom. The van der Waals surface area contributed by atoms with E-state index in [1.165, 1.54) is 16.8 Å². The van der Waals surface area contributed by atoms with Crippen molar-refractivity contribution < 1.29 is 22.0 Å². The van der Waals surface area contributed by atoms with Crippen molar-refractivity contribution in [1.82, 2.24) is 15.1 Å². The van der Waals surface area contributed by atoms with E-state index in [9.17, 15) is 27.3 Å². The third-order valence-electron chi connectivity index (χ3n) is 8.57. The maximum absolute atomic E-state index is 14.8. The average molecular weight is 580 g/mol. The first-order valence-corrected chi connectivity index (χ1v) is 15.8. The van der Waals surface area contributed by atoms with Gasteiger partial charge in [0, 0.05) is 48.4 Å². The molecule has 1 aromatic heterocycles. The Labute approximate surface area is 237 Å². The van der Waals surface area contributed by atoms with Crippen LogP contribution in [0.1, 0.15) is 50.1 Å². The van der Waals surface area contributed by atoms with Crippen molar-refractivity contribution >= 4 is 21.4 Å². The highest BCUT2D eigenvalue weighted by Crippen LogP contribution is 2.43. The van der Waals surface area contributed by atoms with Crippen molar-refractivity contribution in [3.63, 3.8) is 0 Å². The van der Waals surface area contributed by atoms with Crippen LogP contribution in [0.3, 0.4) is 0 Å². The Morgan fingerprint density at radius 3 is 2.41 bits per heavy atom. The van der Waals surface area contributed by atoms with Gasteiger partial charge in [-0.2, -0.15) is 10.4 Å². The summed E-state index contributed by atoms with van der Waals surface area (Å²) in [5.41, 5.74) is 2.45. The minimum absolute atomic E-state index is 0.100. The molecule has 1 saturated heterocycles. The molecule has 0 radical (unpaired) electrons. The second-order valence-electron chi connectivity index (χ2n) is 11.3. The topological polar surface area (TPSA) is 108 Å². The predicted octanol–water partition coefficient (Wildman–Crippen LogP) is 4.50. The van der Waals surface area contributed by atoms with Gasteiger partial charge in [-0.05, 0) is 55.5 Å². The number of anilines is 1. The van der Waals surface area contributed by atoms with Gasteiger partial charge < -0.3 is 10.2 Å². The molecule has 3 aromatic rings. The number of sulfone groups is 1. The summed E-state index contributed by atoms with van der Waals surface area (Å²) < 4.78 is 53.6. The first kappa shape index (κ1) is 27.4. The number of carbonyl (C=O) groups is 1. The fourth-order valence-electron chi connectivity index (χ4n) is 5.99. The summed E-state index contributed by atoms with van der Waals surface area (Å²) in [6.07, 6.45) is 6.18. The van der Waals surface area contributed by atoms with Crippen LogP contribution in [-0.4, -0.2) is 54.2 Å². The molecule has 41 heavy (non-hydrogen) atoms. The third-order valence-corrected chi connectivity index (χ3v) is 10.2. The fourth-order valence-corrected chi connectivity index (χ4v) is 7.19. The van der Waals surface area contributed by atoms with Gasteiger partial charge in [0.2, 0.25) is 5.91 Å². The maximum atomic E-state index is 14.8. The Kier molecular flexibility index (Phi) is 7.06. The molecular weight excluding hydrogens is 548 g/mol. The van der Waals surface area contributed by atoms with Crippen LogP contribution in [0.4, 0.5) is 14.5 Å². The summed E-state index contributed by atoms with van der Waals surface area (Å²) in [6, 6.07) is 13.3. The number of aromatic nitrogens is 2. The van der Waals surface area contributed by atoms with E-state index >= 15 is 0 Å². The van der Waals surface area contributed by atoms with Gasteiger partial charge in [-0.1, -0.05) is 25.0 Å². The number of amides is 1. The van der Waals surface area contributed by atoms with Gasteiger partial charge in [0.25, 0.3) is 0 Å². The smallest absolute Gasteiger partial charge is 0.225 e. The molecule has 2 heterocycles. The summed E-state index contributed by atoms with van der Waals surface area (Å²) in [6.45, 7) is 0.857. The van der Waals surface area contributed by atoms with E-state index in [2.05, 4.69) is 11.4 Å². The van der Waals surface area contributed by atoms with Crippen molar-refractivity contribution in [1.29, 1.82) is 5.26 Å². The zero-order valence-corrected chi connectivity index (χ0v) is 23.3. The van der Waals surface area contributed by atoms with E-state index in [-0.39, 0.29) is 34.9 Å². The van der Waals surface area contributed by atoms with Gasteiger partial charge in [0.05, 0.1) is 23.3 Å². The van der Waals surface area contributed by atoms with Crippen molar-refractivity contribution in [2.45, 2.75) is 50.0 Å². The molecule has 2 saturated carbocycles. The van der Waals surface area contributed by atoms with Crippen LogP contribution in [0.15, 0.2) is 48.7 Å². The third kappa shape index (κ3) is 5.58. The van der Waals surface area contributed by atoms with Crippen LogP contribution in [0, 0.1) is 28.9 Å². The zero-order valence-electron chi connectivity index (χ0n) is 22.5. The summed E-state index contributed by atoms with van der Waals surface area (Å²) in [5, 5.41) is 17.3. The van der Waals surface area contributed by atoms with Crippen LogP contribution in [0.25, 0.3) is 16.8 Å². The van der Waals surface area contributed by atoms with Gasteiger partial charge in [-0.3, -0.25) is 4.79 Å². The second-order valence-corrected chi connectivity index (χ2v) is 13.6.